The normalized spacial score (nSPS) is 10.3. The van der Waals surface area contributed by atoms with Crippen LogP contribution in [0.3, 0.4) is 0 Å². The second-order valence-electron chi connectivity index (χ2n) is 3.66. The minimum Gasteiger partial charge on any atom is -0.507 e. The summed E-state index contributed by atoms with van der Waals surface area (Å²) in [4.78, 5) is 10.8. The van der Waals surface area contributed by atoms with Crippen LogP contribution in [0.25, 0.3) is 11.1 Å². The molecular formula is C13H8F2O3. The molecule has 0 amide bonds. The highest BCUT2D eigenvalue weighted by molar-refractivity contribution is 5.89. The van der Waals surface area contributed by atoms with Crippen LogP contribution < -0.4 is 0 Å². The fourth-order valence-electron chi connectivity index (χ4n) is 1.60. The summed E-state index contributed by atoms with van der Waals surface area (Å²) in [6.45, 7) is 0. The number of hydrogen-bond acceptors (Lipinski definition) is 2. The largest absolute Gasteiger partial charge is 0.507 e. The van der Waals surface area contributed by atoms with E-state index < -0.39 is 23.4 Å². The molecule has 0 atom stereocenters. The van der Waals surface area contributed by atoms with Crippen LogP contribution in [0.2, 0.25) is 0 Å². The van der Waals surface area contributed by atoms with Gasteiger partial charge in [-0.2, -0.15) is 0 Å². The van der Waals surface area contributed by atoms with E-state index in [0.29, 0.717) is 0 Å². The van der Waals surface area contributed by atoms with Crippen LogP contribution in [-0.2, 0) is 0 Å². The van der Waals surface area contributed by atoms with Crippen LogP contribution in [0.4, 0.5) is 8.78 Å². The predicted molar refractivity (Wildman–Crippen MR) is 60.4 cm³/mol. The average molecular weight is 250 g/mol. The molecule has 0 saturated heterocycles. The molecule has 0 saturated carbocycles. The number of phenolic OH excluding ortho intramolecular Hbond substituents is 1. The number of halogens is 2. The minimum absolute atomic E-state index is 0.0389. The molecule has 0 fully saturated rings. The van der Waals surface area contributed by atoms with Crippen molar-refractivity contribution in [2.24, 2.45) is 0 Å². The van der Waals surface area contributed by atoms with E-state index in [9.17, 15) is 18.7 Å². The second-order valence-corrected chi connectivity index (χ2v) is 3.66. The Kier molecular flexibility index (Phi) is 2.97. The Morgan fingerprint density at radius 3 is 2.33 bits per heavy atom. The van der Waals surface area contributed by atoms with Crippen molar-refractivity contribution in [3.05, 3.63) is 53.6 Å². The van der Waals surface area contributed by atoms with E-state index in [1.807, 2.05) is 0 Å². The van der Waals surface area contributed by atoms with Crippen LogP contribution in [0, 0.1) is 11.6 Å². The number of phenols is 1. The second kappa shape index (κ2) is 4.44. The van der Waals surface area contributed by atoms with Gasteiger partial charge in [0.05, 0.1) is 5.56 Å². The molecule has 0 unspecified atom stereocenters. The van der Waals surface area contributed by atoms with Crippen molar-refractivity contribution in [2.45, 2.75) is 0 Å². The molecule has 0 spiro atoms. The number of carboxylic acids is 1. The number of aromatic hydroxyl groups is 1. The Morgan fingerprint density at radius 2 is 1.72 bits per heavy atom. The molecular weight excluding hydrogens is 242 g/mol. The van der Waals surface area contributed by atoms with Gasteiger partial charge in [0.2, 0.25) is 0 Å². The summed E-state index contributed by atoms with van der Waals surface area (Å²) in [7, 11) is 0. The van der Waals surface area contributed by atoms with Crippen molar-refractivity contribution in [3.8, 4) is 16.9 Å². The Morgan fingerprint density at radius 1 is 1.00 bits per heavy atom. The summed E-state index contributed by atoms with van der Waals surface area (Å²) in [5.41, 5.74) is -0.167. The Labute approximate surface area is 101 Å². The van der Waals surface area contributed by atoms with Gasteiger partial charge < -0.3 is 10.2 Å². The number of benzene rings is 2. The van der Waals surface area contributed by atoms with Gasteiger partial charge in [-0.25, -0.2) is 13.6 Å². The van der Waals surface area contributed by atoms with Crippen LogP contribution in [-0.4, -0.2) is 16.2 Å². The molecule has 0 heterocycles. The van der Waals surface area contributed by atoms with Gasteiger partial charge in [-0.1, -0.05) is 0 Å². The van der Waals surface area contributed by atoms with E-state index in [-0.39, 0.29) is 16.7 Å². The molecule has 0 aliphatic rings. The van der Waals surface area contributed by atoms with Crippen molar-refractivity contribution in [1.82, 2.24) is 0 Å². The molecule has 18 heavy (non-hydrogen) atoms. The van der Waals surface area contributed by atoms with Gasteiger partial charge in [-0.15, -0.1) is 0 Å². The molecule has 0 bridgehead atoms. The van der Waals surface area contributed by atoms with Crippen LogP contribution in [0.1, 0.15) is 10.4 Å². The molecule has 2 N–H and O–H groups in total. The summed E-state index contributed by atoms with van der Waals surface area (Å²) in [5.74, 6) is -3.01. The van der Waals surface area contributed by atoms with Crippen LogP contribution in [0.5, 0.6) is 5.75 Å². The third-order valence-electron chi connectivity index (χ3n) is 2.46. The molecule has 2 aromatic rings. The first-order valence-electron chi connectivity index (χ1n) is 5.01. The standard InChI is InChI=1S/C13H8F2O3/c14-8-2-3-9(12(16)6-8)10-5-7(13(17)18)1-4-11(10)15/h1-6,16H,(H,17,18). The van der Waals surface area contributed by atoms with Crippen molar-refractivity contribution in [2.75, 3.05) is 0 Å². The number of hydrogen-bond donors (Lipinski definition) is 2. The summed E-state index contributed by atoms with van der Waals surface area (Å²) in [5, 5.41) is 18.4. The lowest BCUT2D eigenvalue weighted by molar-refractivity contribution is 0.0697. The van der Waals surface area contributed by atoms with Crippen molar-refractivity contribution < 1.29 is 23.8 Å². The van der Waals surface area contributed by atoms with Gasteiger partial charge in [0.25, 0.3) is 0 Å². The first-order chi connectivity index (χ1) is 8.49. The third-order valence-corrected chi connectivity index (χ3v) is 2.46. The third kappa shape index (κ3) is 2.15. The van der Waals surface area contributed by atoms with E-state index in [1.165, 1.54) is 6.07 Å². The topological polar surface area (TPSA) is 57.5 Å². The molecule has 3 nitrogen and oxygen atoms in total. The van der Waals surface area contributed by atoms with E-state index in [0.717, 1.165) is 30.3 Å². The number of carbonyl (C=O) groups is 1. The van der Waals surface area contributed by atoms with Crippen molar-refractivity contribution >= 4 is 5.97 Å². The maximum absolute atomic E-state index is 13.6. The molecule has 0 aliphatic heterocycles. The van der Waals surface area contributed by atoms with E-state index in [4.69, 9.17) is 5.11 Å². The van der Waals surface area contributed by atoms with Gasteiger partial charge in [0.1, 0.15) is 17.4 Å². The lowest BCUT2D eigenvalue weighted by Gasteiger charge is -2.07. The predicted octanol–water partition coefficient (Wildman–Crippen LogP) is 3.04. The summed E-state index contributed by atoms with van der Waals surface area (Å²) < 4.78 is 26.4. The molecule has 92 valence electrons. The van der Waals surface area contributed by atoms with Gasteiger partial charge in [-0.05, 0) is 30.3 Å². The van der Waals surface area contributed by atoms with Crippen molar-refractivity contribution in [3.63, 3.8) is 0 Å². The lowest BCUT2D eigenvalue weighted by Crippen LogP contribution is -1.97. The maximum atomic E-state index is 13.6. The highest BCUT2D eigenvalue weighted by Crippen LogP contribution is 2.32. The van der Waals surface area contributed by atoms with Gasteiger partial charge >= 0.3 is 5.97 Å². The lowest BCUT2D eigenvalue weighted by atomic mass is 10.0. The molecule has 2 rings (SSSR count). The van der Waals surface area contributed by atoms with E-state index in [1.54, 1.807) is 0 Å². The zero-order chi connectivity index (χ0) is 13.3. The maximum Gasteiger partial charge on any atom is 0.335 e. The number of rotatable bonds is 2. The molecule has 0 radical (unpaired) electrons. The van der Waals surface area contributed by atoms with Gasteiger partial charge in [0, 0.05) is 17.2 Å². The first-order valence-corrected chi connectivity index (χ1v) is 5.01. The number of aromatic carboxylic acids is 1. The van der Waals surface area contributed by atoms with E-state index >= 15 is 0 Å². The monoisotopic (exact) mass is 250 g/mol. The molecule has 0 aromatic heterocycles. The Bertz CT molecular complexity index is 624. The highest BCUT2D eigenvalue weighted by Gasteiger charge is 2.13. The summed E-state index contributed by atoms with van der Waals surface area (Å²) in [6, 6.07) is 6.27. The summed E-state index contributed by atoms with van der Waals surface area (Å²) in [6.07, 6.45) is 0. The SMILES string of the molecule is O=C(O)c1ccc(F)c(-c2ccc(F)cc2O)c1. The minimum atomic E-state index is -1.21. The van der Waals surface area contributed by atoms with Crippen LogP contribution >= 0.6 is 0 Å². The quantitative estimate of drug-likeness (QED) is 0.861. The van der Waals surface area contributed by atoms with E-state index in [2.05, 4.69) is 0 Å². The molecule has 0 aliphatic carbocycles. The average Bonchev–Trinajstić information content (AvgIpc) is 2.30. The van der Waals surface area contributed by atoms with Crippen molar-refractivity contribution in [1.29, 1.82) is 0 Å². The fraction of sp³-hybridized carbons (Fsp3) is 0. The van der Waals surface area contributed by atoms with Gasteiger partial charge in [-0.3, -0.25) is 0 Å². The Balaban J connectivity index is 2.62. The van der Waals surface area contributed by atoms with Gasteiger partial charge in [0.15, 0.2) is 0 Å². The fourth-order valence-corrected chi connectivity index (χ4v) is 1.60. The van der Waals surface area contributed by atoms with Crippen LogP contribution in [0.15, 0.2) is 36.4 Å². The zero-order valence-electron chi connectivity index (χ0n) is 9.02. The number of carboxylic acid groups (broad SMARTS) is 1. The Hall–Kier alpha value is -2.43. The molecule has 2 aromatic carbocycles. The molecule has 5 heteroatoms. The first kappa shape index (κ1) is 12.0. The summed E-state index contributed by atoms with van der Waals surface area (Å²) >= 11 is 0. The zero-order valence-corrected chi connectivity index (χ0v) is 9.02. The smallest absolute Gasteiger partial charge is 0.335 e. The highest BCUT2D eigenvalue weighted by atomic mass is 19.1.